The van der Waals surface area contributed by atoms with Gasteiger partial charge in [0.05, 0.1) is 29.8 Å². The van der Waals surface area contributed by atoms with Crippen molar-refractivity contribution in [1.82, 2.24) is 14.5 Å². The molecule has 12 heteroatoms. The molecule has 4 rings (SSSR count). The first-order valence-corrected chi connectivity index (χ1v) is 14.2. The van der Waals surface area contributed by atoms with Gasteiger partial charge in [0.25, 0.3) is 5.56 Å². The Morgan fingerprint density at radius 2 is 1.77 bits per heavy atom. The molecule has 2 aromatic heterocycles. The maximum Gasteiger partial charge on any atom is 0.260 e. The number of nitrogens with zero attached hydrogens (tertiary/aromatic N) is 3. The summed E-state index contributed by atoms with van der Waals surface area (Å²) < 4.78 is 12.4. The fourth-order valence-corrected chi connectivity index (χ4v) is 5.02. The van der Waals surface area contributed by atoms with Crippen molar-refractivity contribution in [3.05, 3.63) is 81.2 Å². The monoisotopic (exact) mass is 625 g/mol. The van der Waals surface area contributed by atoms with E-state index in [9.17, 15) is 14.7 Å². The SMILES string of the molecule is C=CC(=O)Nc1ccc(CCn2c(=O)c(-c3c(Cl)c(OC)cc(OC)c3Cl)cc3cnc(NCC(C)(C)CO)nc32)cc1. The van der Waals surface area contributed by atoms with Crippen LogP contribution in [-0.2, 0) is 17.8 Å². The number of aliphatic hydroxyl groups excluding tert-OH is 1. The Morgan fingerprint density at radius 3 is 2.35 bits per heavy atom. The third kappa shape index (κ3) is 7.10. The maximum atomic E-state index is 14.2. The molecule has 226 valence electrons. The van der Waals surface area contributed by atoms with Crippen molar-refractivity contribution < 1.29 is 19.4 Å². The number of nitrogens with one attached hydrogen (secondary N) is 2. The van der Waals surface area contributed by atoms with Crippen molar-refractivity contribution in [2.24, 2.45) is 5.41 Å². The van der Waals surface area contributed by atoms with Gasteiger partial charge in [-0.3, -0.25) is 14.2 Å². The van der Waals surface area contributed by atoms with E-state index in [4.69, 9.17) is 32.7 Å². The molecule has 0 aliphatic heterocycles. The predicted octanol–water partition coefficient (Wildman–Crippen LogP) is 5.58. The summed E-state index contributed by atoms with van der Waals surface area (Å²) in [6.07, 6.45) is 3.29. The molecular formula is C31H33Cl2N5O5. The molecule has 0 aliphatic rings. The fraction of sp³-hybridized carbons (Fsp3) is 0.290. The summed E-state index contributed by atoms with van der Waals surface area (Å²) in [7, 11) is 2.93. The van der Waals surface area contributed by atoms with Crippen LogP contribution in [0.4, 0.5) is 11.6 Å². The van der Waals surface area contributed by atoms with Crippen LogP contribution >= 0.6 is 23.2 Å². The van der Waals surface area contributed by atoms with Crippen LogP contribution in [0, 0.1) is 5.41 Å². The molecule has 0 spiro atoms. The highest BCUT2D eigenvalue weighted by Crippen LogP contribution is 2.45. The molecule has 0 atom stereocenters. The number of benzene rings is 2. The Balaban J connectivity index is 1.83. The summed E-state index contributed by atoms with van der Waals surface area (Å²) in [5.41, 5.74) is 1.69. The van der Waals surface area contributed by atoms with E-state index in [0.717, 1.165) is 5.56 Å². The molecule has 0 saturated heterocycles. The van der Waals surface area contributed by atoms with Crippen molar-refractivity contribution in [2.75, 3.05) is 38.0 Å². The molecule has 43 heavy (non-hydrogen) atoms. The standard InChI is InChI=1S/C31H33Cl2N5O5/c1-6-24(40)36-20-9-7-18(8-10-20)11-12-38-28-19(15-34-30(37-28)35-16-31(2,3)17-39)13-21(29(38)41)25-26(32)22(42-4)14-23(43-5)27(25)33/h6-10,13-15,39H,1,11-12,16-17H2,2-5H3,(H,36,40)(H,34,35,37). The molecule has 0 aliphatic carbocycles. The average Bonchev–Trinajstić information content (AvgIpc) is 3.00. The third-order valence-electron chi connectivity index (χ3n) is 6.85. The number of aromatic nitrogens is 3. The largest absolute Gasteiger partial charge is 0.495 e. The van der Waals surface area contributed by atoms with E-state index in [1.807, 2.05) is 26.0 Å². The number of hydrogen-bond acceptors (Lipinski definition) is 8. The van der Waals surface area contributed by atoms with Crippen LogP contribution in [0.15, 0.2) is 60.0 Å². The highest BCUT2D eigenvalue weighted by Gasteiger charge is 2.24. The number of fused-ring (bicyclic) bond motifs is 1. The van der Waals surface area contributed by atoms with E-state index >= 15 is 0 Å². The van der Waals surface area contributed by atoms with Gasteiger partial charge in [0.1, 0.15) is 17.1 Å². The molecule has 4 aromatic rings. The smallest absolute Gasteiger partial charge is 0.260 e. The normalized spacial score (nSPS) is 11.3. The number of aliphatic hydroxyl groups is 1. The lowest BCUT2D eigenvalue weighted by molar-refractivity contribution is -0.111. The molecule has 0 bridgehead atoms. The van der Waals surface area contributed by atoms with Gasteiger partial charge in [-0.2, -0.15) is 4.98 Å². The van der Waals surface area contributed by atoms with Crippen LogP contribution in [0.5, 0.6) is 11.5 Å². The van der Waals surface area contributed by atoms with Gasteiger partial charge in [0.2, 0.25) is 11.9 Å². The van der Waals surface area contributed by atoms with Gasteiger partial charge in [-0.05, 0) is 36.3 Å². The molecule has 3 N–H and O–H groups in total. The van der Waals surface area contributed by atoms with Crippen molar-refractivity contribution in [3.8, 4) is 22.6 Å². The lowest BCUT2D eigenvalue weighted by Crippen LogP contribution is -2.28. The predicted molar refractivity (Wildman–Crippen MR) is 171 cm³/mol. The Morgan fingerprint density at radius 1 is 1.12 bits per heavy atom. The van der Waals surface area contributed by atoms with Gasteiger partial charge in [-0.15, -0.1) is 0 Å². The number of carbonyl (C=O) groups excluding carboxylic acids is 1. The Hall–Kier alpha value is -4.12. The van der Waals surface area contributed by atoms with Crippen LogP contribution < -0.4 is 25.7 Å². The van der Waals surface area contributed by atoms with E-state index in [-0.39, 0.29) is 45.8 Å². The van der Waals surface area contributed by atoms with Crippen LogP contribution in [-0.4, -0.2) is 52.9 Å². The number of carbonyl (C=O) groups is 1. The average molecular weight is 627 g/mol. The molecule has 0 saturated carbocycles. The van der Waals surface area contributed by atoms with E-state index in [1.165, 1.54) is 20.3 Å². The van der Waals surface area contributed by atoms with Crippen LogP contribution in [0.3, 0.4) is 0 Å². The number of rotatable bonds is 12. The summed E-state index contributed by atoms with van der Waals surface area (Å²) in [4.78, 5) is 34.9. The quantitative estimate of drug-likeness (QED) is 0.174. The van der Waals surface area contributed by atoms with Gasteiger partial charge >= 0.3 is 0 Å². The van der Waals surface area contributed by atoms with Gasteiger partial charge in [0, 0.05) is 54.0 Å². The van der Waals surface area contributed by atoms with Crippen molar-refractivity contribution in [3.63, 3.8) is 0 Å². The molecule has 2 aromatic carbocycles. The molecule has 0 radical (unpaired) electrons. The number of amides is 1. The van der Waals surface area contributed by atoms with Crippen LogP contribution in [0.25, 0.3) is 22.2 Å². The van der Waals surface area contributed by atoms with E-state index in [2.05, 4.69) is 27.2 Å². The fourth-order valence-electron chi connectivity index (χ4n) is 4.32. The second-order valence-electron chi connectivity index (χ2n) is 10.6. The minimum atomic E-state index is -0.405. The maximum absolute atomic E-state index is 14.2. The number of pyridine rings is 1. The molecule has 0 fully saturated rings. The van der Waals surface area contributed by atoms with Crippen LogP contribution in [0.1, 0.15) is 19.4 Å². The lowest BCUT2D eigenvalue weighted by atomic mass is 9.95. The van der Waals surface area contributed by atoms with E-state index < -0.39 is 5.41 Å². The minimum Gasteiger partial charge on any atom is -0.495 e. The summed E-state index contributed by atoms with van der Waals surface area (Å²) in [6, 6.07) is 10.5. The van der Waals surface area contributed by atoms with Crippen molar-refractivity contribution >= 4 is 51.8 Å². The van der Waals surface area contributed by atoms with E-state index in [1.54, 1.807) is 35.0 Å². The Labute approximate surface area is 259 Å². The first-order chi connectivity index (χ1) is 20.5. The second kappa shape index (κ2) is 13.5. The molecule has 0 unspecified atom stereocenters. The van der Waals surface area contributed by atoms with Gasteiger partial charge in [-0.25, -0.2) is 4.98 Å². The number of hydrogen-bond donors (Lipinski definition) is 3. The molecule has 10 nitrogen and oxygen atoms in total. The molecule has 1 amide bonds. The van der Waals surface area contributed by atoms with Gasteiger partial charge < -0.3 is 25.2 Å². The first-order valence-electron chi connectivity index (χ1n) is 13.4. The number of halogens is 2. The number of ether oxygens (including phenoxy) is 2. The Bertz CT molecular complexity index is 1690. The molecular weight excluding hydrogens is 593 g/mol. The zero-order valence-electron chi connectivity index (χ0n) is 24.3. The number of anilines is 2. The van der Waals surface area contributed by atoms with Gasteiger partial charge in [0.15, 0.2) is 0 Å². The number of aryl methyl sites for hydroxylation is 2. The van der Waals surface area contributed by atoms with Crippen molar-refractivity contribution in [1.29, 1.82) is 0 Å². The molecule has 2 heterocycles. The number of methoxy groups -OCH3 is 2. The highest BCUT2D eigenvalue weighted by atomic mass is 35.5. The summed E-state index contributed by atoms with van der Waals surface area (Å²) in [6.45, 7) is 7.94. The summed E-state index contributed by atoms with van der Waals surface area (Å²) in [5.74, 6) is 0.613. The van der Waals surface area contributed by atoms with Gasteiger partial charge in [-0.1, -0.05) is 55.8 Å². The summed E-state index contributed by atoms with van der Waals surface area (Å²) >= 11 is 13.4. The van der Waals surface area contributed by atoms with Crippen LogP contribution in [0.2, 0.25) is 10.0 Å². The van der Waals surface area contributed by atoms with E-state index in [0.29, 0.717) is 47.1 Å². The zero-order chi connectivity index (χ0) is 31.3. The Kier molecular flexibility index (Phi) is 9.95. The first kappa shape index (κ1) is 31.8. The minimum absolute atomic E-state index is 0.0246. The highest BCUT2D eigenvalue weighted by molar-refractivity contribution is 6.41. The lowest BCUT2D eigenvalue weighted by Gasteiger charge is -2.22. The third-order valence-corrected chi connectivity index (χ3v) is 7.60. The second-order valence-corrected chi connectivity index (χ2v) is 11.3. The zero-order valence-corrected chi connectivity index (χ0v) is 25.8. The summed E-state index contributed by atoms with van der Waals surface area (Å²) in [5, 5.41) is 16.4. The van der Waals surface area contributed by atoms with Crippen molar-refractivity contribution in [2.45, 2.75) is 26.8 Å². The topological polar surface area (TPSA) is 128 Å².